The molecule has 0 radical (unpaired) electrons. The predicted molar refractivity (Wildman–Crippen MR) is 78.0 cm³/mol. The van der Waals surface area contributed by atoms with Gasteiger partial charge >= 0.3 is 0 Å². The van der Waals surface area contributed by atoms with E-state index in [1.807, 2.05) is 0 Å². The van der Waals surface area contributed by atoms with Crippen molar-refractivity contribution in [1.29, 1.82) is 0 Å². The van der Waals surface area contributed by atoms with Crippen LogP contribution in [0.4, 0.5) is 0 Å². The molecular weight excluding hydrogens is 226 g/mol. The predicted octanol–water partition coefficient (Wildman–Crippen LogP) is 2.91. The molecular formula is C14H31N3O. The molecule has 18 heavy (non-hydrogen) atoms. The topological polar surface area (TPSA) is 61.9 Å². The van der Waals surface area contributed by atoms with Gasteiger partial charge in [-0.05, 0) is 44.2 Å². The van der Waals surface area contributed by atoms with Crippen LogP contribution in [0.15, 0.2) is 5.16 Å². The van der Waals surface area contributed by atoms with E-state index >= 15 is 0 Å². The fraction of sp³-hybridized carbons (Fsp3) is 0.929. The molecule has 0 spiro atoms. The molecule has 0 bridgehead atoms. The third-order valence-electron chi connectivity index (χ3n) is 3.27. The highest BCUT2D eigenvalue weighted by Crippen LogP contribution is 2.12. The van der Waals surface area contributed by atoms with Crippen molar-refractivity contribution in [1.82, 2.24) is 4.90 Å². The minimum Gasteiger partial charge on any atom is -0.409 e. The molecule has 0 heterocycles. The molecule has 0 amide bonds. The van der Waals surface area contributed by atoms with Crippen molar-refractivity contribution in [3.63, 3.8) is 0 Å². The Bertz CT molecular complexity index is 227. The van der Waals surface area contributed by atoms with Crippen LogP contribution in [0.5, 0.6) is 0 Å². The SMILES string of the molecule is CCC(C(N)=NO)N(CCC(C)C)CCC(C)C. The molecule has 108 valence electrons. The Labute approximate surface area is 112 Å². The van der Waals surface area contributed by atoms with Crippen molar-refractivity contribution >= 4 is 5.84 Å². The summed E-state index contributed by atoms with van der Waals surface area (Å²) in [6.45, 7) is 13.0. The van der Waals surface area contributed by atoms with Crippen LogP contribution < -0.4 is 5.73 Å². The second-order valence-corrected chi connectivity index (χ2v) is 5.85. The average molecular weight is 257 g/mol. The summed E-state index contributed by atoms with van der Waals surface area (Å²) in [6.07, 6.45) is 3.17. The summed E-state index contributed by atoms with van der Waals surface area (Å²) in [4.78, 5) is 2.36. The van der Waals surface area contributed by atoms with Crippen molar-refractivity contribution in [2.45, 2.75) is 59.9 Å². The molecule has 0 aliphatic carbocycles. The van der Waals surface area contributed by atoms with Crippen molar-refractivity contribution in [3.8, 4) is 0 Å². The number of hydrogen-bond donors (Lipinski definition) is 2. The third kappa shape index (κ3) is 6.84. The zero-order valence-electron chi connectivity index (χ0n) is 12.7. The summed E-state index contributed by atoms with van der Waals surface area (Å²) >= 11 is 0. The number of nitrogens with zero attached hydrogens (tertiary/aromatic N) is 2. The van der Waals surface area contributed by atoms with Crippen molar-refractivity contribution in [2.75, 3.05) is 13.1 Å². The standard InChI is InChI=1S/C14H31N3O/c1-6-13(14(15)16-18)17(9-7-11(2)3)10-8-12(4)5/h11-13,18H,6-10H2,1-5H3,(H2,15,16). The van der Waals surface area contributed by atoms with Gasteiger partial charge in [-0.2, -0.15) is 0 Å². The van der Waals surface area contributed by atoms with E-state index in [1.54, 1.807) is 0 Å². The van der Waals surface area contributed by atoms with Crippen LogP contribution in [0.2, 0.25) is 0 Å². The summed E-state index contributed by atoms with van der Waals surface area (Å²) in [7, 11) is 0. The van der Waals surface area contributed by atoms with Gasteiger partial charge in [0.1, 0.15) is 0 Å². The Morgan fingerprint density at radius 2 is 1.56 bits per heavy atom. The molecule has 1 atom stereocenters. The highest BCUT2D eigenvalue weighted by Gasteiger charge is 2.21. The van der Waals surface area contributed by atoms with Crippen LogP contribution in [-0.2, 0) is 0 Å². The molecule has 0 saturated heterocycles. The van der Waals surface area contributed by atoms with Crippen LogP contribution in [-0.4, -0.2) is 35.1 Å². The number of rotatable bonds is 9. The lowest BCUT2D eigenvalue weighted by Gasteiger charge is -2.31. The van der Waals surface area contributed by atoms with E-state index in [0.29, 0.717) is 17.7 Å². The Balaban J connectivity index is 4.59. The van der Waals surface area contributed by atoms with Gasteiger partial charge in [0.25, 0.3) is 0 Å². The van der Waals surface area contributed by atoms with E-state index in [1.165, 1.54) is 0 Å². The quantitative estimate of drug-likeness (QED) is 0.289. The van der Waals surface area contributed by atoms with Gasteiger partial charge in [0, 0.05) is 0 Å². The second kappa shape index (κ2) is 9.20. The molecule has 0 saturated carbocycles. The fourth-order valence-electron chi connectivity index (χ4n) is 1.99. The highest BCUT2D eigenvalue weighted by atomic mass is 16.4. The Kier molecular flexibility index (Phi) is 8.81. The fourth-order valence-corrected chi connectivity index (χ4v) is 1.99. The maximum atomic E-state index is 8.88. The third-order valence-corrected chi connectivity index (χ3v) is 3.27. The molecule has 0 aromatic rings. The molecule has 0 aromatic heterocycles. The van der Waals surface area contributed by atoms with Crippen LogP contribution in [0.3, 0.4) is 0 Å². The molecule has 0 aromatic carbocycles. The first kappa shape index (κ1) is 17.2. The maximum Gasteiger partial charge on any atom is 0.156 e. The van der Waals surface area contributed by atoms with Crippen molar-refractivity contribution < 1.29 is 5.21 Å². The van der Waals surface area contributed by atoms with Gasteiger partial charge in [-0.1, -0.05) is 39.8 Å². The lowest BCUT2D eigenvalue weighted by molar-refractivity contribution is 0.205. The molecule has 0 aliphatic heterocycles. The zero-order chi connectivity index (χ0) is 14.1. The highest BCUT2D eigenvalue weighted by molar-refractivity contribution is 5.85. The number of oxime groups is 1. The number of amidine groups is 1. The molecule has 0 fully saturated rings. The van der Waals surface area contributed by atoms with Crippen molar-refractivity contribution in [3.05, 3.63) is 0 Å². The minimum atomic E-state index is 0.0625. The molecule has 0 rings (SSSR count). The summed E-state index contributed by atoms with van der Waals surface area (Å²) in [6, 6.07) is 0.0625. The van der Waals surface area contributed by atoms with E-state index in [2.05, 4.69) is 44.7 Å². The van der Waals surface area contributed by atoms with Gasteiger partial charge in [0.15, 0.2) is 5.84 Å². The van der Waals surface area contributed by atoms with Gasteiger partial charge in [-0.15, -0.1) is 0 Å². The molecule has 0 aliphatic rings. The van der Waals surface area contributed by atoms with Crippen LogP contribution in [0.25, 0.3) is 0 Å². The zero-order valence-corrected chi connectivity index (χ0v) is 12.7. The summed E-state index contributed by atoms with van der Waals surface area (Å²) in [5.41, 5.74) is 5.80. The van der Waals surface area contributed by atoms with Crippen LogP contribution in [0, 0.1) is 11.8 Å². The van der Waals surface area contributed by atoms with Gasteiger partial charge in [0.05, 0.1) is 6.04 Å². The van der Waals surface area contributed by atoms with E-state index in [9.17, 15) is 0 Å². The second-order valence-electron chi connectivity index (χ2n) is 5.85. The normalized spacial score (nSPS) is 14.8. The maximum absolute atomic E-state index is 8.88. The van der Waals surface area contributed by atoms with E-state index in [0.717, 1.165) is 32.4 Å². The lowest BCUT2D eigenvalue weighted by Crippen LogP contribution is -2.46. The van der Waals surface area contributed by atoms with Gasteiger partial charge < -0.3 is 10.9 Å². The first-order valence-electron chi connectivity index (χ1n) is 7.13. The Morgan fingerprint density at radius 3 is 1.83 bits per heavy atom. The van der Waals surface area contributed by atoms with E-state index in [4.69, 9.17) is 10.9 Å². The number of hydrogen-bond acceptors (Lipinski definition) is 3. The molecule has 4 heteroatoms. The average Bonchev–Trinajstić information content (AvgIpc) is 2.31. The summed E-state index contributed by atoms with van der Waals surface area (Å²) in [5.74, 6) is 1.69. The lowest BCUT2D eigenvalue weighted by atomic mass is 10.1. The Hall–Kier alpha value is -0.770. The van der Waals surface area contributed by atoms with Gasteiger partial charge in [-0.25, -0.2) is 0 Å². The molecule has 3 N–H and O–H groups in total. The monoisotopic (exact) mass is 257 g/mol. The summed E-state index contributed by atoms with van der Waals surface area (Å²) in [5, 5.41) is 12.1. The summed E-state index contributed by atoms with van der Waals surface area (Å²) < 4.78 is 0. The minimum absolute atomic E-state index is 0.0625. The van der Waals surface area contributed by atoms with Crippen LogP contribution >= 0.6 is 0 Å². The first-order chi connectivity index (χ1) is 8.42. The van der Waals surface area contributed by atoms with Gasteiger partial charge in [0.2, 0.25) is 0 Å². The first-order valence-corrected chi connectivity index (χ1v) is 7.13. The molecule has 1 unspecified atom stereocenters. The Morgan fingerprint density at radius 1 is 1.11 bits per heavy atom. The largest absolute Gasteiger partial charge is 0.409 e. The van der Waals surface area contributed by atoms with Gasteiger partial charge in [-0.3, -0.25) is 4.90 Å². The van der Waals surface area contributed by atoms with Crippen molar-refractivity contribution in [2.24, 2.45) is 22.7 Å². The smallest absolute Gasteiger partial charge is 0.156 e. The van der Waals surface area contributed by atoms with E-state index in [-0.39, 0.29) is 6.04 Å². The molecule has 4 nitrogen and oxygen atoms in total. The number of nitrogens with two attached hydrogens (primary N) is 1. The van der Waals surface area contributed by atoms with E-state index < -0.39 is 0 Å². The van der Waals surface area contributed by atoms with Crippen LogP contribution in [0.1, 0.15) is 53.9 Å².